The number of hydrogen-bond donors (Lipinski definition) is 1. The van der Waals surface area contributed by atoms with E-state index in [2.05, 4.69) is 34.2 Å². The van der Waals surface area contributed by atoms with Crippen LogP contribution in [0.2, 0.25) is 0 Å². The van der Waals surface area contributed by atoms with E-state index in [9.17, 15) is 0 Å². The predicted molar refractivity (Wildman–Crippen MR) is 57.2 cm³/mol. The molecule has 0 atom stereocenters. The Kier molecular flexibility index (Phi) is 2.63. The highest BCUT2D eigenvalue weighted by molar-refractivity contribution is 5.15. The molecule has 0 aliphatic carbocycles. The van der Waals surface area contributed by atoms with Crippen LogP contribution in [-0.4, -0.2) is 9.97 Å². The quantitative estimate of drug-likeness (QED) is 0.783. The van der Waals surface area contributed by atoms with Crippen molar-refractivity contribution in [1.29, 1.82) is 0 Å². The van der Waals surface area contributed by atoms with Crippen LogP contribution < -0.4 is 0 Å². The number of aryl methyl sites for hydroxylation is 3. The van der Waals surface area contributed by atoms with E-state index in [-0.39, 0.29) is 0 Å². The van der Waals surface area contributed by atoms with Crippen molar-refractivity contribution in [3.63, 3.8) is 0 Å². The maximum absolute atomic E-state index is 4.37. The molecule has 1 aromatic carbocycles. The number of benzene rings is 1. The minimum absolute atomic E-state index is 0.984. The Labute approximate surface area is 84.0 Å². The lowest BCUT2D eigenvalue weighted by molar-refractivity contribution is 0.881. The molecular formula is C12H14N2. The maximum atomic E-state index is 4.37. The Morgan fingerprint density at radius 2 is 1.93 bits per heavy atom. The van der Waals surface area contributed by atoms with Gasteiger partial charge in [-0.25, -0.2) is 4.98 Å². The average Bonchev–Trinajstić information content (AvgIpc) is 2.63. The average molecular weight is 186 g/mol. The van der Waals surface area contributed by atoms with E-state index < -0.39 is 0 Å². The molecule has 0 saturated heterocycles. The molecule has 0 aliphatic rings. The van der Waals surface area contributed by atoms with E-state index in [4.69, 9.17) is 0 Å². The van der Waals surface area contributed by atoms with Gasteiger partial charge in [0.15, 0.2) is 0 Å². The van der Waals surface area contributed by atoms with Crippen molar-refractivity contribution in [2.75, 3.05) is 0 Å². The van der Waals surface area contributed by atoms with Gasteiger partial charge < -0.3 is 4.98 Å². The SMILES string of the molecule is Cc1c[nH]c(CCc2ccccc2)n1. The number of hydrogen-bond acceptors (Lipinski definition) is 1. The molecule has 0 fully saturated rings. The van der Waals surface area contributed by atoms with Crippen molar-refractivity contribution in [1.82, 2.24) is 9.97 Å². The van der Waals surface area contributed by atoms with Crippen molar-refractivity contribution in [3.05, 3.63) is 53.6 Å². The molecule has 14 heavy (non-hydrogen) atoms. The van der Waals surface area contributed by atoms with E-state index >= 15 is 0 Å². The molecule has 0 aliphatic heterocycles. The molecule has 2 rings (SSSR count). The molecule has 1 aromatic heterocycles. The smallest absolute Gasteiger partial charge is 0.106 e. The van der Waals surface area contributed by atoms with Gasteiger partial charge in [0, 0.05) is 12.6 Å². The van der Waals surface area contributed by atoms with E-state index in [1.165, 1.54) is 5.56 Å². The molecule has 0 amide bonds. The molecule has 2 aromatic rings. The van der Waals surface area contributed by atoms with Crippen LogP contribution in [0.5, 0.6) is 0 Å². The van der Waals surface area contributed by atoms with Gasteiger partial charge in [-0.05, 0) is 18.9 Å². The van der Waals surface area contributed by atoms with Crippen molar-refractivity contribution >= 4 is 0 Å². The lowest BCUT2D eigenvalue weighted by Gasteiger charge is -1.97. The Hall–Kier alpha value is -1.57. The van der Waals surface area contributed by atoms with Gasteiger partial charge in [-0.15, -0.1) is 0 Å². The zero-order valence-corrected chi connectivity index (χ0v) is 8.33. The van der Waals surface area contributed by atoms with Gasteiger partial charge in [-0.3, -0.25) is 0 Å². The van der Waals surface area contributed by atoms with Crippen LogP contribution in [0.25, 0.3) is 0 Å². The molecule has 72 valence electrons. The Bertz CT molecular complexity index is 390. The Morgan fingerprint density at radius 3 is 2.57 bits per heavy atom. The van der Waals surface area contributed by atoms with Gasteiger partial charge in [0.05, 0.1) is 5.69 Å². The number of rotatable bonds is 3. The zero-order valence-electron chi connectivity index (χ0n) is 8.33. The van der Waals surface area contributed by atoms with Gasteiger partial charge in [0.2, 0.25) is 0 Å². The lowest BCUT2D eigenvalue weighted by atomic mass is 10.1. The fourth-order valence-electron chi connectivity index (χ4n) is 1.50. The summed E-state index contributed by atoms with van der Waals surface area (Å²) < 4.78 is 0. The van der Waals surface area contributed by atoms with E-state index in [0.29, 0.717) is 0 Å². The van der Waals surface area contributed by atoms with Gasteiger partial charge >= 0.3 is 0 Å². The van der Waals surface area contributed by atoms with Crippen molar-refractivity contribution in [3.8, 4) is 0 Å². The number of nitrogens with one attached hydrogen (secondary N) is 1. The summed E-state index contributed by atoms with van der Waals surface area (Å²) in [6, 6.07) is 10.5. The molecule has 2 heteroatoms. The summed E-state index contributed by atoms with van der Waals surface area (Å²) in [5, 5.41) is 0. The van der Waals surface area contributed by atoms with Crippen LogP contribution in [0.15, 0.2) is 36.5 Å². The van der Waals surface area contributed by atoms with Gasteiger partial charge in [0.25, 0.3) is 0 Å². The number of aromatic amines is 1. The molecule has 0 bridgehead atoms. The number of H-pyrrole nitrogens is 1. The molecule has 1 N–H and O–H groups in total. The second-order valence-corrected chi connectivity index (χ2v) is 3.47. The summed E-state index contributed by atoms with van der Waals surface area (Å²) in [7, 11) is 0. The van der Waals surface area contributed by atoms with Crippen LogP contribution in [-0.2, 0) is 12.8 Å². The molecule has 0 radical (unpaired) electrons. The largest absolute Gasteiger partial charge is 0.348 e. The topological polar surface area (TPSA) is 28.7 Å². The summed E-state index contributed by atoms with van der Waals surface area (Å²) in [5.41, 5.74) is 2.43. The van der Waals surface area contributed by atoms with Gasteiger partial charge in [-0.1, -0.05) is 30.3 Å². The summed E-state index contributed by atoms with van der Waals surface area (Å²) in [4.78, 5) is 7.53. The molecule has 0 saturated carbocycles. The predicted octanol–water partition coefficient (Wildman–Crippen LogP) is 2.50. The molecule has 2 nitrogen and oxygen atoms in total. The van der Waals surface area contributed by atoms with Crippen LogP contribution >= 0.6 is 0 Å². The molecular weight excluding hydrogens is 172 g/mol. The molecule has 0 spiro atoms. The summed E-state index contributed by atoms with van der Waals surface area (Å²) in [6.07, 6.45) is 3.98. The highest BCUT2D eigenvalue weighted by atomic mass is 14.9. The molecule has 1 heterocycles. The first-order valence-electron chi connectivity index (χ1n) is 4.89. The standard InChI is InChI=1S/C12H14N2/c1-10-9-13-12(14-10)8-7-11-5-3-2-4-6-11/h2-6,9H,7-8H2,1H3,(H,13,14). The lowest BCUT2D eigenvalue weighted by Crippen LogP contribution is -1.92. The maximum Gasteiger partial charge on any atom is 0.106 e. The fourth-order valence-corrected chi connectivity index (χ4v) is 1.50. The van der Waals surface area contributed by atoms with Crippen LogP contribution in [0, 0.1) is 6.92 Å². The Balaban J connectivity index is 1.95. The summed E-state index contributed by atoms with van der Waals surface area (Å²) in [6.45, 7) is 2.00. The van der Waals surface area contributed by atoms with E-state index in [1.807, 2.05) is 19.2 Å². The number of aromatic nitrogens is 2. The second-order valence-electron chi connectivity index (χ2n) is 3.47. The van der Waals surface area contributed by atoms with Crippen LogP contribution in [0.4, 0.5) is 0 Å². The van der Waals surface area contributed by atoms with Crippen molar-refractivity contribution < 1.29 is 0 Å². The third kappa shape index (κ3) is 2.22. The van der Waals surface area contributed by atoms with Crippen molar-refractivity contribution in [2.45, 2.75) is 19.8 Å². The second kappa shape index (κ2) is 4.09. The first-order valence-corrected chi connectivity index (χ1v) is 4.89. The van der Waals surface area contributed by atoms with Crippen LogP contribution in [0.1, 0.15) is 17.1 Å². The number of imidazole rings is 1. The normalized spacial score (nSPS) is 10.4. The van der Waals surface area contributed by atoms with Crippen LogP contribution in [0.3, 0.4) is 0 Å². The highest BCUT2D eigenvalue weighted by Gasteiger charge is 1.98. The highest BCUT2D eigenvalue weighted by Crippen LogP contribution is 2.04. The van der Waals surface area contributed by atoms with E-state index in [1.54, 1.807) is 0 Å². The third-order valence-corrected chi connectivity index (χ3v) is 2.25. The minimum atomic E-state index is 0.984. The van der Waals surface area contributed by atoms with Gasteiger partial charge in [0.1, 0.15) is 5.82 Å². The summed E-state index contributed by atoms with van der Waals surface area (Å²) in [5.74, 6) is 1.08. The first-order chi connectivity index (χ1) is 6.84. The molecule has 0 unspecified atom stereocenters. The summed E-state index contributed by atoms with van der Waals surface area (Å²) >= 11 is 0. The monoisotopic (exact) mass is 186 g/mol. The fraction of sp³-hybridized carbons (Fsp3) is 0.250. The minimum Gasteiger partial charge on any atom is -0.348 e. The number of nitrogens with zero attached hydrogens (tertiary/aromatic N) is 1. The van der Waals surface area contributed by atoms with E-state index in [0.717, 1.165) is 24.4 Å². The zero-order chi connectivity index (χ0) is 9.80. The third-order valence-electron chi connectivity index (χ3n) is 2.25. The first kappa shape index (κ1) is 9.00. The van der Waals surface area contributed by atoms with Crippen molar-refractivity contribution in [2.24, 2.45) is 0 Å². The van der Waals surface area contributed by atoms with Gasteiger partial charge in [-0.2, -0.15) is 0 Å². The Morgan fingerprint density at radius 1 is 1.14 bits per heavy atom.